The van der Waals surface area contributed by atoms with Crippen LogP contribution in [0.25, 0.3) is 0 Å². The number of benzene rings is 1. The van der Waals surface area contributed by atoms with Gasteiger partial charge in [0.2, 0.25) is 0 Å². The molecule has 0 spiro atoms. The molecular formula is C10H8BrFN2O2S2. The monoisotopic (exact) mass is 350 g/mol. The Bertz CT molecular complexity index is 685. The summed E-state index contributed by atoms with van der Waals surface area (Å²) >= 11 is 4.25. The molecule has 0 saturated carbocycles. The van der Waals surface area contributed by atoms with Gasteiger partial charge in [0.1, 0.15) is 10.7 Å². The van der Waals surface area contributed by atoms with Gasteiger partial charge in [0.25, 0.3) is 10.0 Å². The Labute approximate surface area is 116 Å². The number of nitrogens with one attached hydrogen (secondary N) is 1. The molecule has 1 heterocycles. The predicted octanol–water partition coefficient (Wildman–Crippen LogP) is 3.15. The third kappa shape index (κ3) is 2.88. The minimum Gasteiger partial charge on any atom is -0.255 e. The lowest BCUT2D eigenvalue weighted by Crippen LogP contribution is -2.13. The summed E-state index contributed by atoms with van der Waals surface area (Å²) in [6.45, 7) is 1.82. The highest BCUT2D eigenvalue weighted by atomic mass is 79.9. The van der Waals surface area contributed by atoms with Gasteiger partial charge in [-0.2, -0.15) is 0 Å². The summed E-state index contributed by atoms with van der Waals surface area (Å²) in [7, 11) is -3.76. The molecule has 1 aromatic carbocycles. The fourth-order valence-electron chi connectivity index (χ4n) is 1.26. The van der Waals surface area contributed by atoms with Crippen molar-refractivity contribution in [3.63, 3.8) is 0 Å². The van der Waals surface area contributed by atoms with E-state index in [2.05, 4.69) is 25.6 Å². The molecule has 0 bridgehead atoms. The molecule has 0 amide bonds. The molecule has 0 aliphatic carbocycles. The van der Waals surface area contributed by atoms with Crippen LogP contribution in [0, 0.1) is 12.7 Å². The third-order valence-electron chi connectivity index (χ3n) is 2.03. The standard InChI is InChI=1S/C10H8BrFN2O2S2/c1-6-5-13-10(17-6)14-18(15,16)9-3-2-7(12)4-8(9)11/h2-5H,1H3,(H,13,14). The Morgan fingerprint density at radius 3 is 2.72 bits per heavy atom. The van der Waals surface area contributed by atoms with Crippen molar-refractivity contribution in [3.8, 4) is 0 Å². The van der Waals surface area contributed by atoms with Gasteiger partial charge >= 0.3 is 0 Å². The van der Waals surface area contributed by atoms with E-state index in [9.17, 15) is 12.8 Å². The van der Waals surface area contributed by atoms with Crippen molar-refractivity contribution in [3.05, 3.63) is 39.6 Å². The predicted molar refractivity (Wildman–Crippen MR) is 71.8 cm³/mol. The Morgan fingerprint density at radius 1 is 1.44 bits per heavy atom. The largest absolute Gasteiger partial charge is 0.264 e. The number of halogens is 2. The van der Waals surface area contributed by atoms with E-state index in [0.29, 0.717) is 0 Å². The SMILES string of the molecule is Cc1cnc(NS(=O)(=O)c2ccc(F)cc2Br)s1. The van der Waals surface area contributed by atoms with E-state index in [1.165, 1.54) is 17.4 Å². The van der Waals surface area contributed by atoms with Gasteiger partial charge in [-0.15, -0.1) is 11.3 Å². The lowest BCUT2D eigenvalue weighted by Gasteiger charge is -2.06. The first-order valence-corrected chi connectivity index (χ1v) is 7.88. The average Bonchev–Trinajstić information content (AvgIpc) is 2.62. The van der Waals surface area contributed by atoms with Crippen molar-refractivity contribution in [2.75, 3.05) is 4.72 Å². The second kappa shape index (κ2) is 4.94. The fourth-order valence-corrected chi connectivity index (χ4v) is 4.22. The molecule has 2 rings (SSSR count). The lowest BCUT2D eigenvalue weighted by atomic mass is 10.3. The maximum atomic E-state index is 12.9. The number of hydrogen-bond donors (Lipinski definition) is 1. The first-order valence-electron chi connectivity index (χ1n) is 4.79. The number of aromatic nitrogens is 1. The van der Waals surface area contributed by atoms with Gasteiger partial charge in [-0.1, -0.05) is 0 Å². The van der Waals surface area contributed by atoms with Crippen molar-refractivity contribution in [1.82, 2.24) is 4.98 Å². The summed E-state index contributed by atoms with van der Waals surface area (Å²) in [4.78, 5) is 4.78. The minimum absolute atomic E-state index is 0.0308. The Hall–Kier alpha value is -0.990. The van der Waals surface area contributed by atoms with E-state index in [-0.39, 0.29) is 14.5 Å². The van der Waals surface area contributed by atoms with Crippen molar-refractivity contribution in [2.45, 2.75) is 11.8 Å². The van der Waals surface area contributed by atoms with Crippen molar-refractivity contribution >= 4 is 42.4 Å². The molecule has 0 atom stereocenters. The van der Waals surface area contributed by atoms with E-state index < -0.39 is 15.8 Å². The van der Waals surface area contributed by atoms with Crippen LogP contribution in [0.5, 0.6) is 0 Å². The van der Waals surface area contributed by atoms with Crippen LogP contribution in [0.2, 0.25) is 0 Å². The van der Waals surface area contributed by atoms with Crippen LogP contribution >= 0.6 is 27.3 Å². The summed E-state index contributed by atoms with van der Waals surface area (Å²) in [5.74, 6) is -0.508. The fraction of sp³-hybridized carbons (Fsp3) is 0.100. The van der Waals surface area contributed by atoms with E-state index in [1.807, 2.05) is 6.92 Å². The molecule has 1 N–H and O–H groups in total. The molecular weight excluding hydrogens is 343 g/mol. The zero-order chi connectivity index (χ0) is 13.3. The normalized spacial score (nSPS) is 11.5. The first-order chi connectivity index (χ1) is 8.38. The Morgan fingerprint density at radius 2 is 2.17 bits per heavy atom. The topological polar surface area (TPSA) is 59.1 Å². The zero-order valence-electron chi connectivity index (χ0n) is 9.15. The number of anilines is 1. The van der Waals surface area contributed by atoms with Gasteiger partial charge < -0.3 is 0 Å². The second-order valence-electron chi connectivity index (χ2n) is 3.46. The highest BCUT2D eigenvalue weighted by Gasteiger charge is 2.19. The third-order valence-corrected chi connectivity index (χ3v) is 5.30. The molecule has 0 radical (unpaired) electrons. The van der Waals surface area contributed by atoms with Gasteiger partial charge in [-0.05, 0) is 41.1 Å². The molecule has 0 aliphatic heterocycles. The van der Waals surface area contributed by atoms with Crippen molar-refractivity contribution in [1.29, 1.82) is 0 Å². The van der Waals surface area contributed by atoms with Gasteiger partial charge in [0, 0.05) is 15.5 Å². The number of thiazole rings is 1. The van der Waals surface area contributed by atoms with Gasteiger partial charge in [0.05, 0.1) is 0 Å². The molecule has 0 saturated heterocycles. The van der Waals surface area contributed by atoms with Crippen LogP contribution in [0.4, 0.5) is 9.52 Å². The van der Waals surface area contributed by atoms with Crippen molar-refractivity contribution in [2.24, 2.45) is 0 Å². The number of sulfonamides is 1. The quantitative estimate of drug-likeness (QED) is 0.924. The molecule has 4 nitrogen and oxygen atoms in total. The van der Waals surface area contributed by atoms with Crippen molar-refractivity contribution < 1.29 is 12.8 Å². The van der Waals surface area contributed by atoms with E-state index in [4.69, 9.17) is 0 Å². The highest BCUT2D eigenvalue weighted by molar-refractivity contribution is 9.10. The number of hydrogen-bond acceptors (Lipinski definition) is 4. The molecule has 0 fully saturated rings. The lowest BCUT2D eigenvalue weighted by molar-refractivity contribution is 0.599. The maximum Gasteiger partial charge on any atom is 0.264 e. The molecule has 18 heavy (non-hydrogen) atoms. The molecule has 0 unspecified atom stereocenters. The van der Waals surface area contributed by atoms with Crippen LogP contribution in [-0.4, -0.2) is 13.4 Å². The molecule has 1 aromatic heterocycles. The van der Waals surface area contributed by atoms with Gasteiger partial charge in [-0.3, -0.25) is 4.72 Å². The summed E-state index contributed by atoms with van der Waals surface area (Å²) in [5.41, 5.74) is 0. The molecule has 8 heteroatoms. The summed E-state index contributed by atoms with van der Waals surface area (Å²) in [6.07, 6.45) is 1.57. The average molecular weight is 351 g/mol. The maximum absolute atomic E-state index is 12.9. The van der Waals surface area contributed by atoms with E-state index in [0.717, 1.165) is 17.0 Å². The van der Waals surface area contributed by atoms with Crippen LogP contribution in [0.1, 0.15) is 4.88 Å². The van der Waals surface area contributed by atoms with E-state index >= 15 is 0 Å². The van der Waals surface area contributed by atoms with E-state index in [1.54, 1.807) is 6.20 Å². The molecule has 0 aliphatic rings. The van der Waals surface area contributed by atoms with Crippen LogP contribution < -0.4 is 4.72 Å². The molecule has 2 aromatic rings. The number of rotatable bonds is 3. The second-order valence-corrected chi connectivity index (χ2v) is 7.20. The van der Waals surface area contributed by atoms with Crippen LogP contribution in [-0.2, 0) is 10.0 Å². The number of nitrogens with zero attached hydrogens (tertiary/aromatic N) is 1. The summed E-state index contributed by atoms with van der Waals surface area (Å²) < 4.78 is 39.5. The molecule has 96 valence electrons. The first kappa shape index (κ1) is 13.4. The number of aryl methyl sites for hydroxylation is 1. The summed E-state index contributed by atoms with van der Waals surface area (Å²) in [6, 6.07) is 3.39. The smallest absolute Gasteiger partial charge is 0.255 e. The van der Waals surface area contributed by atoms with Gasteiger partial charge in [-0.25, -0.2) is 17.8 Å². The summed E-state index contributed by atoms with van der Waals surface area (Å²) in [5, 5.41) is 0.281. The van der Waals surface area contributed by atoms with Crippen LogP contribution in [0.3, 0.4) is 0 Å². The Balaban J connectivity index is 2.36. The zero-order valence-corrected chi connectivity index (χ0v) is 12.4. The highest BCUT2D eigenvalue weighted by Crippen LogP contribution is 2.26. The van der Waals surface area contributed by atoms with Crippen LogP contribution in [0.15, 0.2) is 33.8 Å². The van der Waals surface area contributed by atoms with Gasteiger partial charge in [0.15, 0.2) is 5.13 Å². The Kier molecular flexibility index (Phi) is 3.69. The minimum atomic E-state index is -3.76.